The first kappa shape index (κ1) is 10.6. The first-order valence-electron chi connectivity index (χ1n) is 3.72. The zero-order valence-corrected chi connectivity index (χ0v) is 7.50. The highest BCUT2D eigenvalue weighted by Crippen LogP contribution is 2.10. The molecular formula is C8H16O3. The molecule has 0 aromatic carbocycles. The predicted molar refractivity (Wildman–Crippen MR) is 42.3 cm³/mol. The van der Waals surface area contributed by atoms with Crippen molar-refractivity contribution >= 4 is 5.78 Å². The molecule has 1 N–H and O–H groups in total. The summed E-state index contributed by atoms with van der Waals surface area (Å²) in [6.07, 6.45) is -1.37. The maximum atomic E-state index is 10.7. The fraction of sp³-hybridized carbons (Fsp3) is 0.875. The summed E-state index contributed by atoms with van der Waals surface area (Å²) in [5, 5.41) is 9.28. The van der Waals surface area contributed by atoms with Crippen LogP contribution in [0.4, 0.5) is 0 Å². The number of rotatable bonds is 4. The van der Waals surface area contributed by atoms with Gasteiger partial charge in [0.25, 0.3) is 0 Å². The Morgan fingerprint density at radius 2 is 1.91 bits per heavy atom. The van der Waals surface area contributed by atoms with Gasteiger partial charge in [-0.15, -0.1) is 0 Å². The number of hydrogen-bond acceptors (Lipinski definition) is 3. The minimum Gasteiger partial charge on any atom is -0.383 e. The Bertz CT molecular complexity index is 131. The molecule has 0 aromatic rings. The van der Waals surface area contributed by atoms with Crippen molar-refractivity contribution in [2.24, 2.45) is 5.92 Å². The molecule has 66 valence electrons. The highest BCUT2D eigenvalue weighted by molar-refractivity contribution is 5.80. The molecule has 0 saturated carbocycles. The van der Waals surface area contributed by atoms with E-state index in [1.165, 1.54) is 14.0 Å². The van der Waals surface area contributed by atoms with Crippen molar-refractivity contribution in [2.45, 2.75) is 33.0 Å². The Hall–Kier alpha value is -0.410. The van der Waals surface area contributed by atoms with Gasteiger partial charge < -0.3 is 9.84 Å². The van der Waals surface area contributed by atoms with Crippen LogP contribution in [0.15, 0.2) is 0 Å². The van der Waals surface area contributed by atoms with E-state index in [2.05, 4.69) is 0 Å². The van der Waals surface area contributed by atoms with Crippen molar-refractivity contribution in [1.82, 2.24) is 0 Å². The number of aliphatic hydroxyl groups is 1. The number of carbonyl (C=O) groups excluding carboxylic acids is 1. The Labute approximate surface area is 67.4 Å². The molecule has 0 aliphatic carbocycles. The number of aliphatic hydroxyl groups excluding tert-OH is 1. The molecule has 0 spiro atoms. The summed E-state index contributed by atoms with van der Waals surface area (Å²) in [5.74, 6) is -0.0931. The third-order valence-electron chi connectivity index (χ3n) is 1.66. The summed E-state index contributed by atoms with van der Waals surface area (Å²) in [6.45, 7) is 5.17. The zero-order valence-electron chi connectivity index (χ0n) is 7.50. The lowest BCUT2D eigenvalue weighted by molar-refractivity contribution is -0.134. The van der Waals surface area contributed by atoms with E-state index in [0.717, 1.165) is 0 Å². The second kappa shape index (κ2) is 4.46. The minimum atomic E-state index is -0.986. The van der Waals surface area contributed by atoms with Crippen molar-refractivity contribution in [1.29, 1.82) is 0 Å². The summed E-state index contributed by atoms with van der Waals surface area (Å²) in [4.78, 5) is 10.7. The minimum absolute atomic E-state index is 0.152. The van der Waals surface area contributed by atoms with Crippen LogP contribution in [0.5, 0.6) is 0 Å². The van der Waals surface area contributed by atoms with E-state index < -0.39 is 6.10 Å². The lowest BCUT2D eigenvalue weighted by Crippen LogP contribution is -2.37. The number of ketones is 1. The summed E-state index contributed by atoms with van der Waals surface area (Å²) in [7, 11) is 1.50. The van der Waals surface area contributed by atoms with Gasteiger partial charge in [-0.25, -0.2) is 0 Å². The van der Waals surface area contributed by atoms with Gasteiger partial charge in [0.15, 0.2) is 5.78 Å². The summed E-state index contributed by atoms with van der Waals surface area (Å²) >= 11 is 0. The number of methoxy groups -OCH3 is 1. The van der Waals surface area contributed by atoms with Crippen LogP contribution in [-0.2, 0) is 9.53 Å². The monoisotopic (exact) mass is 160 g/mol. The molecule has 0 radical (unpaired) electrons. The molecule has 0 saturated heterocycles. The molecule has 3 heteroatoms. The second-order valence-corrected chi connectivity index (χ2v) is 3.00. The van der Waals surface area contributed by atoms with Crippen molar-refractivity contribution in [3.8, 4) is 0 Å². The van der Waals surface area contributed by atoms with Crippen LogP contribution in [0.3, 0.4) is 0 Å². The molecular weight excluding hydrogens is 144 g/mol. The van der Waals surface area contributed by atoms with E-state index in [9.17, 15) is 9.90 Å². The molecule has 1 unspecified atom stereocenters. The van der Waals surface area contributed by atoms with Gasteiger partial charge in [-0.2, -0.15) is 0 Å². The van der Waals surface area contributed by atoms with Crippen LogP contribution in [0.2, 0.25) is 0 Å². The van der Waals surface area contributed by atoms with Crippen molar-refractivity contribution < 1.29 is 14.6 Å². The maximum absolute atomic E-state index is 10.7. The molecule has 0 fully saturated rings. The first-order chi connectivity index (χ1) is 5.00. The summed E-state index contributed by atoms with van der Waals surface area (Å²) in [6, 6.07) is 0. The van der Waals surface area contributed by atoms with Gasteiger partial charge in [-0.05, 0) is 12.8 Å². The van der Waals surface area contributed by atoms with Gasteiger partial charge in [-0.3, -0.25) is 4.79 Å². The van der Waals surface area contributed by atoms with Gasteiger partial charge >= 0.3 is 0 Å². The third kappa shape index (κ3) is 2.99. The number of ether oxygens (including phenoxy) is 1. The van der Waals surface area contributed by atoms with Crippen LogP contribution in [0.25, 0.3) is 0 Å². The van der Waals surface area contributed by atoms with Crippen LogP contribution in [0.1, 0.15) is 20.8 Å². The molecule has 3 nitrogen and oxygen atoms in total. The van der Waals surface area contributed by atoms with Gasteiger partial charge in [0.2, 0.25) is 0 Å². The molecule has 0 bridgehead atoms. The quantitative estimate of drug-likeness (QED) is 0.655. The Balaban J connectivity index is 4.13. The molecule has 0 aliphatic rings. The van der Waals surface area contributed by atoms with Gasteiger partial charge in [0.1, 0.15) is 6.10 Å². The maximum Gasteiger partial charge on any atom is 0.160 e. The predicted octanol–water partition coefficient (Wildman–Crippen LogP) is 0.607. The number of Topliss-reactive ketones (excluding diaryl/α,β-unsaturated/α-hetero) is 1. The third-order valence-corrected chi connectivity index (χ3v) is 1.66. The highest BCUT2D eigenvalue weighted by Gasteiger charge is 2.25. The SMILES string of the molecule is CO[C@@H](C(C)C)C(O)C(C)=O. The molecule has 0 heterocycles. The Morgan fingerprint density at radius 3 is 2.00 bits per heavy atom. The van der Waals surface area contributed by atoms with Gasteiger partial charge in [0, 0.05) is 7.11 Å². The Kier molecular flexibility index (Phi) is 4.30. The molecule has 11 heavy (non-hydrogen) atoms. The number of carbonyl (C=O) groups is 1. The van der Waals surface area contributed by atoms with E-state index in [0.29, 0.717) is 0 Å². The average Bonchev–Trinajstić information content (AvgIpc) is 1.88. The van der Waals surface area contributed by atoms with Crippen LogP contribution in [-0.4, -0.2) is 30.2 Å². The lowest BCUT2D eigenvalue weighted by Gasteiger charge is -2.22. The number of hydrogen-bond donors (Lipinski definition) is 1. The molecule has 0 rings (SSSR count). The van der Waals surface area contributed by atoms with Crippen LogP contribution < -0.4 is 0 Å². The van der Waals surface area contributed by atoms with Gasteiger partial charge in [-0.1, -0.05) is 13.8 Å². The van der Waals surface area contributed by atoms with Crippen LogP contribution >= 0.6 is 0 Å². The van der Waals surface area contributed by atoms with Crippen LogP contribution in [0, 0.1) is 5.92 Å². The smallest absolute Gasteiger partial charge is 0.160 e. The molecule has 0 aliphatic heterocycles. The van der Waals surface area contributed by atoms with E-state index in [1.54, 1.807) is 0 Å². The zero-order chi connectivity index (χ0) is 9.02. The molecule has 0 amide bonds. The summed E-state index contributed by atoms with van der Waals surface area (Å²) in [5.41, 5.74) is 0. The van der Waals surface area contributed by atoms with Crippen molar-refractivity contribution in [3.63, 3.8) is 0 Å². The lowest BCUT2D eigenvalue weighted by atomic mass is 9.99. The van der Waals surface area contributed by atoms with Crippen molar-refractivity contribution in [2.75, 3.05) is 7.11 Å². The van der Waals surface area contributed by atoms with E-state index in [1.807, 2.05) is 13.8 Å². The second-order valence-electron chi connectivity index (χ2n) is 3.00. The van der Waals surface area contributed by atoms with Crippen molar-refractivity contribution in [3.05, 3.63) is 0 Å². The first-order valence-corrected chi connectivity index (χ1v) is 3.72. The highest BCUT2D eigenvalue weighted by atomic mass is 16.5. The van der Waals surface area contributed by atoms with Gasteiger partial charge in [0.05, 0.1) is 6.10 Å². The fourth-order valence-corrected chi connectivity index (χ4v) is 0.997. The topological polar surface area (TPSA) is 46.5 Å². The normalized spacial score (nSPS) is 16.5. The standard InChI is InChI=1S/C8H16O3/c1-5(2)8(11-4)7(10)6(3)9/h5,7-8,10H,1-4H3/t7?,8-/m0/s1. The van der Waals surface area contributed by atoms with E-state index in [-0.39, 0.29) is 17.8 Å². The molecule has 2 atom stereocenters. The molecule has 0 aromatic heterocycles. The summed E-state index contributed by atoms with van der Waals surface area (Å²) < 4.78 is 4.96. The largest absolute Gasteiger partial charge is 0.383 e. The Morgan fingerprint density at radius 1 is 1.45 bits per heavy atom. The fourth-order valence-electron chi connectivity index (χ4n) is 0.997. The van der Waals surface area contributed by atoms with E-state index >= 15 is 0 Å². The average molecular weight is 160 g/mol. The van der Waals surface area contributed by atoms with E-state index in [4.69, 9.17) is 4.74 Å².